The van der Waals surface area contributed by atoms with E-state index >= 15 is 0 Å². The Morgan fingerprint density at radius 1 is 1.48 bits per heavy atom. The van der Waals surface area contributed by atoms with Crippen LogP contribution >= 0.6 is 0 Å². The second-order valence-electron chi connectivity index (χ2n) is 5.55. The Morgan fingerprint density at radius 2 is 2.28 bits per heavy atom. The van der Waals surface area contributed by atoms with E-state index in [1.54, 1.807) is 0 Å². The van der Waals surface area contributed by atoms with Gasteiger partial charge in [-0.2, -0.15) is 18.3 Å². The molecule has 0 bridgehead atoms. The largest absolute Gasteiger partial charge is 0.435 e. The Labute approximate surface area is 139 Å². The third kappa shape index (κ3) is 3.76. The van der Waals surface area contributed by atoms with E-state index in [-0.39, 0.29) is 19.0 Å². The molecule has 0 radical (unpaired) electrons. The number of carbonyl (C=O) groups excluding carboxylic acids is 1. The van der Waals surface area contributed by atoms with Crippen LogP contribution < -0.4 is 16.2 Å². The molecule has 136 valence electrons. The molecule has 3 N–H and O–H groups in total. The first kappa shape index (κ1) is 17.3. The van der Waals surface area contributed by atoms with Crippen molar-refractivity contribution in [2.24, 2.45) is 5.92 Å². The molecule has 2 atom stereocenters. The number of alkyl halides is 3. The quantitative estimate of drug-likeness (QED) is 0.643. The van der Waals surface area contributed by atoms with Gasteiger partial charge in [0.2, 0.25) is 5.91 Å². The molecule has 1 aliphatic rings. The zero-order valence-electron chi connectivity index (χ0n) is 13.2. The number of aryl methyl sites for hydroxylation is 1. The minimum absolute atomic E-state index is 0.136. The molecule has 10 nitrogen and oxygen atoms in total. The summed E-state index contributed by atoms with van der Waals surface area (Å²) >= 11 is 0. The molecule has 2 aromatic heterocycles. The first-order valence-electron chi connectivity index (χ1n) is 7.46. The van der Waals surface area contributed by atoms with E-state index in [2.05, 4.69) is 36.8 Å². The Bertz CT molecular complexity index is 727. The first-order valence-corrected chi connectivity index (χ1v) is 7.46. The standard InChI is InChI=1S/C12H16F3N9O/c1-7-4-9(12(13,14)15)20-23(7)3-2-16-11(25)8-5-17-19-10(8)24-6-18-21-22-24/h4,6,8,10,17,19H,2-3,5H2,1H3,(H,16,25). The molecule has 1 saturated heterocycles. The van der Waals surface area contributed by atoms with Gasteiger partial charge in [0, 0.05) is 18.8 Å². The zero-order valence-corrected chi connectivity index (χ0v) is 13.2. The Hall–Kier alpha value is -2.54. The van der Waals surface area contributed by atoms with Gasteiger partial charge in [-0.05, 0) is 23.4 Å². The third-order valence-corrected chi connectivity index (χ3v) is 3.83. The van der Waals surface area contributed by atoms with Crippen molar-refractivity contribution in [3.63, 3.8) is 0 Å². The molecular formula is C12H16F3N9O. The van der Waals surface area contributed by atoms with Crippen LogP contribution in [0.2, 0.25) is 0 Å². The predicted octanol–water partition coefficient (Wildman–Crippen LogP) is -0.764. The first-order chi connectivity index (χ1) is 11.9. The van der Waals surface area contributed by atoms with Crippen molar-refractivity contribution in [3.05, 3.63) is 23.8 Å². The highest BCUT2D eigenvalue weighted by molar-refractivity contribution is 5.79. The SMILES string of the molecule is Cc1cc(C(F)(F)F)nn1CCNC(=O)C1CNNC1n1cnnn1. The molecule has 0 saturated carbocycles. The molecule has 3 rings (SSSR count). The number of hydrogen-bond acceptors (Lipinski definition) is 7. The fraction of sp³-hybridized carbons (Fsp3) is 0.583. The summed E-state index contributed by atoms with van der Waals surface area (Å²) in [7, 11) is 0. The molecule has 2 aromatic rings. The van der Waals surface area contributed by atoms with Gasteiger partial charge in [-0.25, -0.2) is 10.1 Å². The summed E-state index contributed by atoms with van der Waals surface area (Å²) in [6.45, 7) is 2.19. The molecule has 0 aliphatic carbocycles. The Kier molecular flexibility index (Phi) is 4.67. The van der Waals surface area contributed by atoms with Crippen molar-refractivity contribution in [3.8, 4) is 0 Å². The summed E-state index contributed by atoms with van der Waals surface area (Å²) in [4.78, 5) is 12.3. The van der Waals surface area contributed by atoms with Crippen LogP contribution in [-0.4, -0.2) is 49.0 Å². The number of halogens is 3. The minimum Gasteiger partial charge on any atom is -0.354 e. The van der Waals surface area contributed by atoms with Gasteiger partial charge >= 0.3 is 6.18 Å². The van der Waals surface area contributed by atoms with Crippen molar-refractivity contribution in [2.75, 3.05) is 13.1 Å². The molecule has 13 heteroatoms. The van der Waals surface area contributed by atoms with Gasteiger partial charge in [-0.1, -0.05) is 0 Å². The number of rotatable bonds is 5. The number of hydrogen-bond donors (Lipinski definition) is 3. The van der Waals surface area contributed by atoms with Gasteiger partial charge in [0.1, 0.15) is 12.5 Å². The van der Waals surface area contributed by atoms with Gasteiger partial charge in [0.05, 0.1) is 12.5 Å². The fourth-order valence-electron chi connectivity index (χ4n) is 2.56. The fourth-order valence-corrected chi connectivity index (χ4v) is 2.56. The van der Waals surface area contributed by atoms with E-state index in [0.717, 1.165) is 6.07 Å². The molecule has 0 spiro atoms. The van der Waals surface area contributed by atoms with E-state index in [1.165, 1.54) is 22.6 Å². The van der Waals surface area contributed by atoms with Gasteiger partial charge < -0.3 is 5.32 Å². The molecule has 0 aromatic carbocycles. The average Bonchev–Trinajstić information content (AvgIpc) is 3.26. The maximum Gasteiger partial charge on any atom is 0.435 e. The number of nitrogens with one attached hydrogen (secondary N) is 3. The Morgan fingerprint density at radius 3 is 2.92 bits per heavy atom. The van der Waals surface area contributed by atoms with Crippen LogP contribution in [0.3, 0.4) is 0 Å². The third-order valence-electron chi connectivity index (χ3n) is 3.83. The van der Waals surface area contributed by atoms with Crippen LogP contribution in [0.4, 0.5) is 13.2 Å². The van der Waals surface area contributed by atoms with Gasteiger partial charge in [0.15, 0.2) is 5.69 Å². The monoisotopic (exact) mass is 359 g/mol. The number of tetrazole rings is 1. The summed E-state index contributed by atoms with van der Waals surface area (Å²) in [5.41, 5.74) is 5.18. The average molecular weight is 359 g/mol. The Balaban J connectivity index is 1.55. The molecule has 1 aliphatic heterocycles. The smallest absolute Gasteiger partial charge is 0.354 e. The van der Waals surface area contributed by atoms with Crippen LogP contribution in [0.25, 0.3) is 0 Å². The summed E-state index contributed by atoms with van der Waals surface area (Å²) < 4.78 is 40.5. The second-order valence-corrected chi connectivity index (χ2v) is 5.55. The van der Waals surface area contributed by atoms with Gasteiger partial charge in [0.25, 0.3) is 0 Å². The van der Waals surface area contributed by atoms with Crippen molar-refractivity contribution in [1.82, 2.24) is 46.2 Å². The van der Waals surface area contributed by atoms with Crippen LogP contribution in [-0.2, 0) is 17.5 Å². The minimum atomic E-state index is -4.49. The van der Waals surface area contributed by atoms with Crippen molar-refractivity contribution < 1.29 is 18.0 Å². The lowest BCUT2D eigenvalue weighted by molar-refractivity contribution is -0.141. The second kappa shape index (κ2) is 6.76. The molecule has 25 heavy (non-hydrogen) atoms. The number of carbonyl (C=O) groups is 1. The van der Waals surface area contributed by atoms with Crippen molar-refractivity contribution >= 4 is 5.91 Å². The van der Waals surface area contributed by atoms with Gasteiger partial charge in [-0.15, -0.1) is 5.10 Å². The predicted molar refractivity (Wildman–Crippen MR) is 76.5 cm³/mol. The number of hydrazine groups is 1. The lowest BCUT2D eigenvalue weighted by atomic mass is 10.1. The van der Waals surface area contributed by atoms with E-state index in [9.17, 15) is 18.0 Å². The van der Waals surface area contributed by atoms with Crippen LogP contribution in [0.5, 0.6) is 0 Å². The number of nitrogens with zero attached hydrogens (tertiary/aromatic N) is 6. The number of amides is 1. The van der Waals surface area contributed by atoms with Crippen LogP contribution in [0.1, 0.15) is 17.6 Å². The zero-order chi connectivity index (χ0) is 18.0. The van der Waals surface area contributed by atoms with Crippen LogP contribution in [0, 0.1) is 12.8 Å². The number of aromatic nitrogens is 6. The molecular weight excluding hydrogens is 343 g/mol. The molecule has 1 fully saturated rings. The van der Waals surface area contributed by atoms with Crippen LogP contribution in [0.15, 0.2) is 12.4 Å². The van der Waals surface area contributed by atoms with E-state index in [0.29, 0.717) is 12.2 Å². The van der Waals surface area contributed by atoms with Crippen molar-refractivity contribution in [1.29, 1.82) is 0 Å². The molecule has 1 amide bonds. The summed E-state index contributed by atoms with van der Waals surface area (Å²) in [5, 5.41) is 17.0. The highest BCUT2D eigenvalue weighted by atomic mass is 19.4. The van der Waals surface area contributed by atoms with E-state index < -0.39 is 24.0 Å². The topological polar surface area (TPSA) is 115 Å². The maximum absolute atomic E-state index is 12.6. The molecule has 2 unspecified atom stereocenters. The lowest BCUT2D eigenvalue weighted by Crippen LogP contribution is -2.39. The summed E-state index contributed by atoms with van der Waals surface area (Å²) in [5.74, 6) is -0.730. The van der Waals surface area contributed by atoms with Crippen molar-refractivity contribution in [2.45, 2.75) is 25.8 Å². The van der Waals surface area contributed by atoms with E-state index in [4.69, 9.17) is 0 Å². The molecule has 3 heterocycles. The summed E-state index contributed by atoms with van der Waals surface area (Å²) in [6, 6.07) is 0.973. The van der Waals surface area contributed by atoms with E-state index in [1.807, 2.05) is 0 Å². The lowest BCUT2D eigenvalue weighted by Gasteiger charge is -2.17. The highest BCUT2D eigenvalue weighted by Crippen LogP contribution is 2.28. The highest BCUT2D eigenvalue weighted by Gasteiger charge is 2.35. The van der Waals surface area contributed by atoms with Gasteiger partial charge in [-0.3, -0.25) is 14.9 Å². The summed E-state index contributed by atoms with van der Waals surface area (Å²) in [6.07, 6.45) is -3.55. The normalized spacial score (nSPS) is 20.8. The maximum atomic E-state index is 12.6.